The summed E-state index contributed by atoms with van der Waals surface area (Å²) in [5, 5.41) is 11.9. The molecule has 0 radical (unpaired) electrons. The topological polar surface area (TPSA) is 54.3 Å². The van der Waals surface area contributed by atoms with E-state index in [2.05, 4.69) is 27.3 Å². The number of nitriles is 1. The molecule has 0 amide bonds. The molecule has 1 rings (SSSR count). The van der Waals surface area contributed by atoms with E-state index < -0.39 is 0 Å². The summed E-state index contributed by atoms with van der Waals surface area (Å²) in [6.07, 6.45) is 0. The molecule has 1 aromatic rings. The van der Waals surface area contributed by atoms with Crippen molar-refractivity contribution in [1.29, 1.82) is 5.26 Å². The predicted molar refractivity (Wildman–Crippen MR) is 70.0 cm³/mol. The normalized spacial score (nSPS) is 9.94. The van der Waals surface area contributed by atoms with E-state index in [4.69, 9.17) is 14.7 Å². The van der Waals surface area contributed by atoms with Crippen LogP contribution in [-0.4, -0.2) is 33.5 Å². The molecule has 1 aromatic carbocycles. The van der Waals surface area contributed by atoms with E-state index in [1.54, 1.807) is 19.2 Å². The molecule has 17 heavy (non-hydrogen) atoms. The molecular weight excluding hydrogens is 284 g/mol. The highest BCUT2D eigenvalue weighted by Crippen LogP contribution is 2.22. The number of nitrogens with one attached hydrogen (secondary N) is 1. The highest BCUT2D eigenvalue weighted by atomic mass is 79.9. The number of benzene rings is 1. The average molecular weight is 299 g/mol. The number of rotatable bonds is 7. The Morgan fingerprint density at radius 1 is 1.35 bits per heavy atom. The third-order valence-electron chi connectivity index (χ3n) is 2.09. The van der Waals surface area contributed by atoms with E-state index in [0.717, 1.165) is 10.2 Å². The first kappa shape index (κ1) is 14.0. The van der Waals surface area contributed by atoms with Gasteiger partial charge in [-0.05, 0) is 34.1 Å². The van der Waals surface area contributed by atoms with Crippen LogP contribution in [0, 0.1) is 11.3 Å². The maximum Gasteiger partial charge on any atom is 0.0992 e. The predicted octanol–water partition coefficient (Wildman–Crippen LogP) is 2.40. The van der Waals surface area contributed by atoms with Crippen molar-refractivity contribution in [3.8, 4) is 6.07 Å². The molecule has 0 aromatic heterocycles. The third-order valence-corrected chi connectivity index (χ3v) is 2.75. The summed E-state index contributed by atoms with van der Waals surface area (Å²) in [5.41, 5.74) is 1.60. The molecule has 4 nitrogen and oxygen atoms in total. The molecule has 0 aliphatic rings. The van der Waals surface area contributed by atoms with Crippen LogP contribution in [0.5, 0.6) is 0 Å². The second-order valence-corrected chi connectivity index (χ2v) is 4.19. The number of hydrogen-bond donors (Lipinski definition) is 1. The Hall–Kier alpha value is -1.09. The SMILES string of the molecule is COCCOCCNc1ccc(C#N)cc1Br. The van der Waals surface area contributed by atoms with Crippen LogP contribution in [-0.2, 0) is 9.47 Å². The average Bonchev–Trinajstić information content (AvgIpc) is 2.35. The molecule has 0 heterocycles. The van der Waals surface area contributed by atoms with Crippen LogP contribution >= 0.6 is 15.9 Å². The minimum Gasteiger partial charge on any atom is -0.382 e. The second kappa shape index (κ2) is 8.07. The number of halogens is 1. The minimum atomic E-state index is 0.604. The number of nitrogens with zero attached hydrogens (tertiary/aromatic N) is 1. The lowest BCUT2D eigenvalue weighted by molar-refractivity contribution is 0.0759. The van der Waals surface area contributed by atoms with Gasteiger partial charge in [-0.15, -0.1) is 0 Å². The third kappa shape index (κ3) is 5.18. The highest BCUT2D eigenvalue weighted by molar-refractivity contribution is 9.10. The van der Waals surface area contributed by atoms with Crippen molar-refractivity contribution in [2.24, 2.45) is 0 Å². The van der Waals surface area contributed by atoms with Crippen molar-refractivity contribution in [1.82, 2.24) is 0 Å². The van der Waals surface area contributed by atoms with Crippen molar-refractivity contribution in [3.63, 3.8) is 0 Å². The van der Waals surface area contributed by atoms with Crippen molar-refractivity contribution >= 4 is 21.6 Å². The molecule has 0 aliphatic heterocycles. The molecule has 5 heteroatoms. The van der Waals surface area contributed by atoms with Crippen LogP contribution in [0.25, 0.3) is 0 Å². The Balaban J connectivity index is 2.30. The molecule has 1 N–H and O–H groups in total. The number of methoxy groups -OCH3 is 1. The summed E-state index contributed by atoms with van der Waals surface area (Å²) in [6.45, 7) is 2.55. The van der Waals surface area contributed by atoms with Gasteiger partial charge in [0.1, 0.15) is 0 Å². The lowest BCUT2D eigenvalue weighted by atomic mass is 10.2. The molecule has 0 aliphatic carbocycles. The van der Waals surface area contributed by atoms with Gasteiger partial charge in [-0.1, -0.05) is 0 Å². The van der Waals surface area contributed by atoms with Crippen LogP contribution in [0.1, 0.15) is 5.56 Å². The first-order valence-corrected chi connectivity index (χ1v) is 6.07. The first-order chi connectivity index (χ1) is 8.27. The summed E-state index contributed by atoms with van der Waals surface area (Å²) in [5.74, 6) is 0. The smallest absolute Gasteiger partial charge is 0.0992 e. The van der Waals surface area contributed by atoms with Gasteiger partial charge < -0.3 is 14.8 Å². The lowest BCUT2D eigenvalue weighted by Gasteiger charge is -2.09. The quantitative estimate of drug-likeness (QED) is 0.786. The number of ether oxygens (including phenoxy) is 2. The van der Waals surface area contributed by atoms with Gasteiger partial charge in [0, 0.05) is 23.8 Å². The van der Waals surface area contributed by atoms with Gasteiger partial charge in [0.25, 0.3) is 0 Å². The molecule has 0 saturated heterocycles. The molecule has 0 atom stereocenters. The fourth-order valence-electron chi connectivity index (χ4n) is 1.23. The zero-order valence-electron chi connectivity index (χ0n) is 9.70. The largest absolute Gasteiger partial charge is 0.382 e. The van der Waals surface area contributed by atoms with E-state index in [0.29, 0.717) is 31.9 Å². The molecule has 92 valence electrons. The summed E-state index contributed by atoms with van der Waals surface area (Å²) in [4.78, 5) is 0. The maximum atomic E-state index is 8.73. The van der Waals surface area contributed by atoms with Crippen LogP contribution in [0.2, 0.25) is 0 Å². The maximum absolute atomic E-state index is 8.73. The van der Waals surface area contributed by atoms with Crippen molar-refractivity contribution < 1.29 is 9.47 Å². The number of anilines is 1. The summed E-state index contributed by atoms with van der Waals surface area (Å²) < 4.78 is 11.1. The van der Waals surface area contributed by atoms with Crippen molar-refractivity contribution in [2.75, 3.05) is 38.8 Å². The molecule has 0 saturated carbocycles. The van der Waals surface area contributed by atoms with E-state index in [9.17, 15) is 0 Å². The Kier molecular flexibility index (Phi) is 6.63. The van der Waals surface area contributed by atoms with Gasteiger partial charge >= 0.3 is 0 Å². The van der Waals surface area contributed by atoms with E-state index in [-0.39, 0.29) is 0 Å². The minimum absolute atomic E-state index is 0.604. The Morgan fingerprint density at radius 2 is 2.18 bits per heavy atom. The fraction of sp³-hybridized carbons (Fsp3) is 0.417. The van der Waals surface area contributed by atoms with Crippen LogP contribution < -0.4 is 5.32 Å². The van der Waals surface area contributed by atoms with Gasteiger partial charge in [-0.3, -0.25) is 0 Å². The molecule has 0 unspecified atom stereocenters. The van der Waals surface area contributed by atoms with E-state index in [1.165, 1.54) is 0 Å². The standard InChI is InChI=1S/C12H15BrN2O2/c1-16-6-7-17-5-4-15-12-3-2-10(9-14)8-11(12)13/h2-3,8,15H,4-7H2,1H3. The first-order valence-electron chi connectivity index (χ1n) is 5.28. The van der Waals surface area contributed by atoms with Gasteiger partial charge in [-0.25, -0.2) is 0 Å². The molecule has 0 fully saturated rings. The molecular formula is C12H15BrN2O2. The van der Waals surface area contributed by atoms with Crippen molar-refractivity contribution in [3.05, 3.63) is 28.2 Å². The van der Waals surface area contributed by atoms with Crippen LogP contribution in [0.3, 0.4) is 0 Å². The van der Waals surface area contributed by atoms with Gasteiger partial charge in [0.15, 0.2) is 0 Å². The van der Waals surface area contributed by atoms with Crippen molar-refractivity contribution in [2.45, 2.75) is 0 Å². The highest BCUT2D eigenvalue weighted by Gasteiger charge is 2.00. The van der Waals surface area contributed by atoms with E-state index >= 15 is 0 Å². The van der Waals surface area contributed by atoms with Crippen LogP contribution in [0.15, 0.2) is 22.7 Å². The Labute approximate surface area is 110 Å². The summed E-state index contributed by atoms with van der Waals surface area (Å²) >= 11 is 3.41. The summed E-state index contributed by atoms with van der Waals surface area (Å²) in [7, 11) is 1.65. The van der Waals surface area contributed by atoms with E-state index in [1.807, 2.05) is 6.07 Å². The monoisotopic (exact) mass is 298 g/mol. The number of hydrogen-bond acceptors (Lipinski definition) is 4. The van der Waals surface area contributed by atoms with Gasteiger partial charge in [0.2, 0.25) is 0 Å². The Bertz CT molecular complexity index is 391. The zero-order valence-corrected chi connectivity index (χ0v) is 11.3. The zero-order chi connectivity index (χ0) is 12.5. The fourth-order valence-corrected chi connectivity index (χ4v) is 1.75. The van der Waals surface area contributed by atoms with Gasteiger partial charge in [0.05, 0.1) is 31.5 Å². The van der Waals surface area contributed by atoms with Gasteiger partial charge in [-0.2, -0.15) is 5.26 Å². The second-order valence-electron chi connectivity index (χ2n) is 3.34. The lowest BCUT2D eigenvalue weighted by Crippen LogP contribution is -2.12. The summed E-state index contributed by atoms with van der Waals surface area (Å²) in [6, 6.07) is 7.52. The molecule has 0 spiro atoms. The Morgan fingerprint density at radius 3 is 2.82 bits per heavy atom. The molecule has 0 bridgehead atoms. The van der Waals surface area contributed by atoms with Crippen LogP contribution in [0.4, 0.5) is 5.69 Å².